The summed E-state index contributed by atoms with van der Waals surface area (Å²) in [6.07, 6.45) is 0. The van der Waals surface area contributed by atoms with Crippen LogP contribution in [-0.4, -0.2) is 34.8 Å². The van der Waals surface area contributed by atoms with Crippen molar-refractivity contribution in [1.82, 2.24) is 0 Å². The molecule has 0 amide bonds. The minimum absolute atomic E-state index is 0. The number of hydrogen-bond donors (Lipinski definition) is 0. The van der Waals surface area contributed by atoms with Gasteiger partial charge in [0.1, 0.15) is 4.31 Å². The first-order valence-electron chi connectivity index (χ1n) is 2.13. The minimum Gasteiger partial charge on any atom is -0.563 e. The van der Waals surface area contributed by atoms with Crippen LogP contribution in [0, 0.1) is 0 Å². The van der Waals surface area contributed by atoms with Gasteiger partial charge in [-0.05, 0) is 9.13 Å². The molecule has 0 spiro atoms. The summed E-state index contributed by atoms with van der Waals surface area (Å²) >= 11 is 10.1. The Hall–Kier alpha value is 1.43. The Bertz CT molecular complexity index is 121. The van der Waals surface area contributed by atoms with Crippen LogP contribution in [0.2, 0.25) is 0 Å². The van der Waals surface area contributed by atoms with Gasteiger partial charge in [0.2, 0.25) is 0 Å². The van der Waals surface area contributed by atoms with Gasteiger partial charge in [-0.2, -0.15) is 0 Å². The number of halogens is 2. The van der Waals surface area contributed by atoms with Crippen molar-refractivity contribution in [2.45, 2.75) is 0 Å². The van der Waals surface area contributed by atoms with Crippen LogP contribution in [0.5, 0.6) is 0 Å². The van der Waals surface area contributed by atoms with E-state index in [0.717, 1.165) is 0 Å². The molecule has 0 saturated carbocycles. The summed E-state index contributed by atoms with van der Waals surface area (Å²) in [7, 11) is -6.47. The quantitative estimate of drug-likeness (QED) is 0.411. The van der Waals surface area contributed by atoms with Crippen LogP contribution < -0.4 is 9.79 Å². The Labute approximate surface area is 97.4 Å². The molecular weight excluding hydrogens is 261 g/mol. The van der Waals surface area contributed by atoms with Crippen molar-refractivity contribution in [3.05, 3.63) is 0 Å². The maximum atomic E-state index is 9.24. The molecule has 0 radical (unpaired) electrons. The standard InChI is InChI=1S/C2H4Cl2.Mg.O5P2/c3-1-2-4;;1-6(2)5-7(3)4/h1-2H2;;/q;+2;. The number of hydrogen-bond acceptors (Lipinski definition) is 5. The summed E-state index contributed by atoms with van der Waals surface area (Å²) < 4.78 is 21.6. The van der Waals surface area contributed by atoms with E-state index in [1.165, 1.54) is 0 Å². The molecule has 0 aliphatic rings. The summed E-state index contributed by atoms with van der Waals surface area (Å²) in [4.78, 5) is 18.5. The minimum atomic E-state index is -3.24. The average Bonchev–Trinajstić information content (AvgIpc) is 1.85. The Morgan fingerprint density at radius 3 is 1.33 bits per heavy atom. The fourth-order valence-electron chi connectivity index (χ4n) is 0.0544. The van der Waals surface area contributed by atoms with Crippen molar-refractivity contribution in [2.75, 3.05) is 11.8 Å². The molecule has 0 aliphatic carbocycles. The van der Waals surface area contributed by atoms with E-state index in [9.17, 15) is 18.9 Å². The Morgan fingerprint density at radius 2 is 1.33 bits per heavy atom. The van der Waals surface area contributed by atoms with Crippen LogP contribution in [-0.2, 0) is 13.4 Å². The predicted octanol–water partition coefficient (Wildman–Crippen LogP) is 0.122. The van der Waals surface area contributed by atoms with Crippen LogP contribution in [0.1, 0.15) is 0 Å². The molecule has 2 unspecified atom stereocenters. The first-order valence-corrected chi connectivity index (χ1v) is 5.39. The monoisotopic (exact) mass is 264 g/mol. The second kappa shape index (κ2) is 14.9. The predicted molar refractivity (Wildman–Crippen MR) is 43.5 cm³/mol. The van der Waals surface area contributed by atoms with E-state index in [1.807, 2.05) is 0 Å². The molecule has 0 N–H and O–H groups in total. The van der Waals surface area contributed by atoms with E-state index in [-0.39, 0.29) is 23.1 Å². The molecule has 10 heteroatoms. The summed E-state index contributed by atoms with van der Waals surface area (Å²) in [5.74, 6) is 1.11. The van der Waals surface area contributed by atoms with Gasteiger partial charge in [-0.25, -0.2) is 0 Å². The van der Waals surface area contributed by atoms with Crippen molar-refractivity contribution in [1.29, 1.82) is 0 Å². The van der Waals surface area contributed by atoms with Crippen LogP contribution in [0.4, 0.5) is 0 Å². The Kier molecular flexibility index (Phi) is 23.7. The molecule has 0 rings (SSSR count). The maximum absolute atomic E-state index is 9.24. The molecule has 5 nitrogen and oxygen atoms in total. The van der Waals surface area contributed by atoms with Gasteiger partial charge in [0.05, 0.1) is 0 Å². The van der Waals surface area contributed by atoms with Crippen LogP contribution in [0.3, 0.4) is 0 Å². The van der Waals surface area contributed by atoms with Crippen LogP contribution in [0.15, 0.2) is 0 Å². The number of rotatable bonds is 3. The van der Waals surface area contributed by atoms with E-state index >= 15 is 0 Å². The van der Waals surface area contributed by atoms with Gasteiger partial charge in [0.25, 0.3) is 0 Å². The van der Waals surface area contributed by atoms with E-state index in [2.05, 4.69) is 4.31 Å². The Balaban J connectivity index is -0.000000142. The fraction of sp³-hybridized carbons (Fsp3) is 1.00. The largest absolute Gasteiger partial charge is 2.00 e. The van der Waals surface area contributed by atoms with Gasteiger partial charge in [0.15, 0.2) is 0 Å². The molecule has 0 aromatic heterocycles. The van der Waals surface area contributed by atoms with Crippen molar-refractivity contribution in [3.8, 4) is 0 Å². The van der Waals surface area contributed by atoms with Gasteiger partial charge in [-0.3, -0.25) is 0 Å². The summed E-state index contributed by atoms with van der Waals surface area (Å²) in [6.45, 7) is 0. The van der Waals surface area contributed by atoms with E-state index in [1.54, 1.807) is 0 Å². The van der Waals surface area contributed by atoms with Gasteiger partial charge in [-0.15, -0.1) is 23.2 Å². The summed E-state index contributed by atoms with van der Waals surface area (Å²) in [6, 6.07) is 0. The molecule has 0 bridgehead atoms. The zero-order valence-corrected chi connectivity index (χ0v) is 10.5. The van der Waals surface area contributed by atoms with Crippen LogP contribution >= 0.6 is 39.7 Å². The molecule has 0 fully saturated rings. The van der Waals surface area contributed by atoms with Crippen LogP contribution in [0.25, 0.3) is 0 Å². The third kappa shape index (κ3) is 30.1. The number of alkyl halides is 2. The first-order chi connectivity index (χ1) is 5.04. The molecular formula is C2H4Cl2MgO5P2+2. The zero-order valence-electron chi connectivity index (χ0n) is 5.81. The van der Waals surface area contributed by atoms with Gasteiger partial charge < -0.3 is 9.79 Å². The SMILES string of the molecule is ClCCCl.O=[P+]([O-])O[P+](=O)[O-].[Mg+2]. The topological polar surface area (TPSA) is 89.5 Å². The van der Waals surface area contributed by atoms with E-state index in [4.69, 9.17) is 23.2 Å². The zero-order chi connectivity index (χ0) is 9.28. The second-order valence-corrected chi connectivity index (χ2v) is 3.21. The van der Waals surface area contributed by atoms with Crippen molar-refractivity contribution in [3.63, 3.8) is 0 Å². The van der Waals surface area contributed by atoms with E-state index < -0.39 is 16.5 Å². The fourth-order valence-corrected chi connectivity index (χ4v) is 0.490. The normalized spacial score (nSPS) is 10.3. The molecule has 0 saturated heterocycles. The average molecular weight is 265 g/mol. The maximum Gasteiger partial charge on any atom is 2.00 e. The molecule has 0 aromatic carbocycles. The first kappa shape index (κ1) is 19.1. The summed E-state index contributed by atoms with van der Waals surface area (Å²) in [5, 5.41) is 0. The molecule has 0 heterocycles. The summed E-state index contributed by atoms with van der Waals surface area (Å²) in [5.41, 5.74) is 0. The third-order valence-electron chi connectivity index (χ3n) is 0.205. The van der Waals surface area contributed by atoms with E-state index in [0.29, 0.717) is 11.8 Å². The second-order valence-electron chi connectivity index (χ2n) is 0.907. The molecule has 66 valence electrons. The van der Waals surface area contributed by atoms with Crippen molar-refractivity contribution < 1.29 is 23.2 Å². The molecule has 0 aromatic rings. The third-order valence-corrected chi connectivity index (χ3v) is 1.84. The smallest absolute Gasteiger partial charge is 0.563 e. The molecule has 2 atom stereocenters. The Morgan fingerprint density at radius 1 is 1.08 bits per heavy atom. The van der Waals surface area contributed by atoms with Gasteiger partial charge in [-0.1, -0.05) is 0 Å². The van der Waals surface area contributed by atoms with Gasteiger partial charge in [0, 0.05) is 11.8 Å². The van der Waals surface area contributed by atoms with Crippen molar-refractivity contribution in [2.24, 2.45) is 0 Å². The van der Waals surface area contributed by atoms with Gasteiger partial charge >= 0.3 is 39.6 Å². The molecule has 0 aliphatic heterocycles. The molecule has 12 heavy (non-hydrogen) atoms. The van der Waals surface area contributed by atoms with Crippen molar-refractivity contribution >= 4 is 62.8 Å².